The molecule has 2 N–H and O–H groups in total. The minimum Gasteiger partial charge on any atom is -0.493 e. The van der Waals surface area contributed by atoms with Gasteiger partial charge >= 0.3 is 6.18 Å². The Morgan fingerprint density at radius 3 is 2.47 bits per heavy atom. The second-order valence-electron chi connectivity index (χ2n) is 9.32. The molecular weight excluding hydrogens is 585 g/mol. The van der Waals surface area contributed by atoms with Gasteiger partial charge in [-0.05, 0) is 54.4 Å². The van der Waals surface area contributed by atoms with Gasteiger partial charge in [-0.2, -0.15) is 13.2 Å². The Labute approximate surface area is 249 Å². The number of nitrogens with one attached hydrogen (secondary N) is 2. The van der Waals surface area contributed by atoms with E-state index in [2.05, 4.69) is 15.6 Å². The number of amides is 2. The maximum Gasteiger partial charge on any atom is 0.416 e. The third-order valence-corrected chi connectivity index (χ3v) is 7.36. The molecule has 3 aromatic carbocycles. The topological polar surface area (TPSA) is 112 Å². The van der Waals surface area contributed by atoms with Crippen LogP contribution >= 0.6 is 11.8 Å². The number of carbonyl (C=O) groups is 2. The highest BCUT2D eigenvalue weighted by atomic mass is 32.2. The molecule has 9 nitrogen and oxygen atoms in total. The summed E-state index contributed by atoms with van der Waals surface area (Å²) in [5, 5.41) is 5.85. The van der Waals surface area contributed by atoms with Crippen LogP contribution in [0.5, 0.6) is 11.5 Å². The van der Waals surface area contributed by atoms with Crippen LogP contribution < -0.4 is 25.7 Å². The van der Waals surface area contributed by atoms with E-state index in [1.807, 2.05) is 12.1 Å². The van der Waals surface area contributed by atoms with Crippen LogP contribution in [0.1, 0.15) is 17.5 Å². The lowest BCUT2D eigenvalue weighted by Gasteiger charge is -2.14. The van der Waals surface area contributed by atoms with Crippen molar-refractivity contribution in [1.29, 1.82) is 0 Å². The number of nitrogens with zero attached hydrogens (tertiary/aromatic N) is 2. The number of hydrogen-bond donors (Lipinski definition) is 2. The molecule has 0 aliphatic heterocycles. The second kappa shape index (κ2) is 14.1. The van der Waals surface area contributed by atoms with Gasteiger partial charge in [-0.1, -0.05) is 36.0 Å². The van der Waals surface area contributed by atoms with Gasteiger partial charge in [0, 0.05) is 25.2 Å². The SMILES string of the molecule is COc1ccc(CCNC(=O)CCn2c(SCC(=O)Nc3cccc(C(F)(F)F)c3)nc3ccccc3c2=O)cc1OC. The number of carbonyl (C=O) groups excluding carboxylic acids is 2. The average molecular weight is 615 g/mol. The number of aromatic nitrogens is 2. The molecule has 1 aromatic heterocycles. The van der Waals surface area contributed by atoms with Crippen molar-refractivity contribution in [3.05, 3.63) is 88.2 Å². The molecule has 0 atom stereocenters. The monoisotopic (exact) mass is 614 g/mol. The first-order valence-electron chi connectivity index (χ1n) is 13.2. The van der Waals surface area contributed by atoms with Gasteiger partial charge in [0.2, 0.25) is 11.8 Å². The fourth-order valence-corrected chi connectivity index (χ4v) is 5.06. The summed E-state index contributed by atoms with van der Waals surface area (Å²) in [5.41, 5.74) is 0.0995. The Kier molecular flexibility index (Phi) is 10.3. The van der Waals surface area contributed by atoms with Crippen LogP contribution in [0.3, 0.4) is 0 Å². The number of anilines is 1. The number of fused-ring (bicyclic) bond motifs is 1. The summed E-state index contributed by atoms with van der Waals surface area (Å²) in [5.74, 6) is 0.109. The fourth-order valence-electron chi connectivity index (χ4n) is 4.24. The van der Waals surface area contributed by atoms with Crippen molar-refractivity contribution < 1.29 is 32.2 Å². The van der Waals surface area contributed by atoms with Crippen molar-refractivity contribution in [3.8, 4) is 11.5 Å². The fraction of sp³-hybridized carbons (Fsp3) is 0.267. The van der Waals surface area contributed by atoms with Gasteiger partial charge < -0.3 is 20.1 Å². The van der Waals surface area contributed by atoms with Gasteiger partial charge in [-0.25, -0.2) is 4.98 Å². The third-order valence-electron chi connectivity index (χ3n) is 6.38. The lowest BCUT2D eigenvalue weighted by Crippen LogP contribution is -2.30. The van der Waals surface area contributed by atoms with Crippen molar-refractivity contribution in [2.75, 3.05) is 31.8 Å². The molecule has 0 saturated carbocycles. The van der Waals surface area contributed by atoms with E-state index >= 15 is 0 Å². The van der Waals surface area contributed by atoms with Crippen LogP contribution in [-0.4, -0.2) is 47.9 Å². The van der Waals surface area contributed by atoms with Crippen molar-refractivity contribution in [2.24, 2.45) is 0 Å². The minimum absolute atomic E-state index is 0.00552. The first kappa shape index (κ1) is 31.4. The first-order chi connectivity index (χ1) is 20.6. The van der Waals surface area contributed by atoms with Gasteiger partial charge in [-0.3, -0.25) is 19.0 Å². The minimum atomic E-state index is -4.55. The van der Waals surface area contributed by atoms with Gasteiger partial charge in [0.05, 0.1) is 36.4 Å². The maximum absolute atomic E-state index is 13.3. The van der Waals surface area contributed by atoms with Crippen molar-refractivity contribution in [2.45, 2.75) is 30.7 Å². The normalized spacial score (nSPS) is 11.3. The number of para-hydroxylation sites is 1. The molecule has 13 heteroatoms. The van der Waals surface area contributed by atoms with Crippen LogP contribution in [-0.2, 0) is 28.7 Å². The molecule has 2 amide bonds. The highest BCUT2D eigenvalue weighted by molar-refractivity contribution is 7.99. The molecule has 0 saturated heterocycles. The van der Waals surface area contributed by atoms with Crippen LogP contribution in [0, 0.1) is 0 Å². The van der Waals surface area contributed by atoms with Crippen LogP contribution in [0.25, 0.3) is 10.9 Å². The molecule has 0 aliphatic carbocycles. The summed E-state index contributed by atoms with van der Waals surface area (Å²) in [7, 11) is 3.09. The number of ether oxygens (including phenoxy) is 2. The molecule has 4 rings (SSSR count). The van der Waals surface area contributed by atoms with Gasteiger partial charge in [0.1, 0.15) is 0 Å². The number of rotatable bonds is 12. The second-order valence-corrected chi connectivity index (χ2v) is 10.3. The summed E-state index contributed by atoms with van der Waals surface area (Å²) in [4.78, 5) is 43.0. The van der Waals surface area contributed by atoms with Gasteiger partial charge in [0.15, 0.2) is 16.7 Å². The van der Waals surface area contributed by atoms with E-state index in [1.54, 1.807) is 44.6 Å². The zero-order valence-electron chi connectivity index (χ0n) is 23.4. The Balaban J connectivity index is 1.40. The maximum atomic E-state index is 13.3. The van der Waals surface area contributed by atoms with Crippen LogP contribution in [0.2, 0.25) is 0 Å². The number of halogens is 3. The molecule has 0 radical (unpaired) electrons. The highest BCUT2D eigenvalue weighted by Crippen LogP contribution is 2.31. The van der Waals surface area contributed by atoms with Crippen LogP contribution in [0.4, 0.5) is 18.9 Å². The van der Waals surface area contributed by atoms with Crippen LogP contribution in [0.15, 0.2) is 76.7 Å². The van der Waals surface area contributed by atoms with E-state index in [1.165, 1.54) is 16.7 Å². The summed E-state index contributed by atoms with van der Waals surface area (Å²) in [6.45, 7) is 0.368. The number of alkyl halides is 3. The van der Waals surface area contributed by atoms with E-state index in [-0.39, 0.29) is 41.0 Å². The van der Waals surface area contributed by atoms with E-state index in [0.29, 0.717) is 35.4 Å². The van der Waals surface area contributed by atoms with E-state index in [0.717, 1.165) is 29.5 Å². The highest BCUT2D eigenvalue weighted by Gasteiger charge is 2.30. The first-order valence-corrected chi connectivity index (χ1v) is 14.1. The summed E-state index contributed by atoms with van der Waals surface area (Å²) in [6.07, 6.45) is -4.02. The van der Waals surface area contributed by atoms with Crippen molar-refractivity contribution in [3.63, 3.8) is 0 Å². The zero-order valence-corrected chi connectivity index (χ0v) is 24.2. The standard InChI is InChI=1S/C30H29F3N4O5S/c1-41-24-11-10-19(16-25(24)42-2)12-14-34-26(38)13-15-37-28(40)22-8-3-4-9-23(22)36-29(37)43-18-27(39)35-21-7-5-6-20(17-21)30(31,32)33/h3-11,16-17H,12-15,18H2,1-2H3,(H,34,38)(H,35,39). The quantitative estimate of drug-likeness (QED) is 0.172. The molecule has 0 unspecified atom stereocenters. The molecule has 226 valence electrons. The molecule has 4 aromatic rings. The molecular formula is C30H29F3N4O5S. The smallest absolute Gasteiger partial charge is 0.416 e. The average Bonchev–Trinajstić information content (AvgIpc) is 2.99. The van der Waals surface area contributed by atoms with Gasteiger partial charge in [-0.15, -0.1) is 0 Å². The number of thioether (sulfide) groups is 1. The Morgan fingerprint density at radius 2 is 1.72 bits per heavy atom. The third kappa shape index (κ3) is 8.28. The largest absolute Gasteiger partial charge is 0.493 e. The predicted molar refractivity (Wildman–Crippen MR) is 158 cm³/mol. The zero-order chi connectivity index (χ0) is 31.0. The Hall–Kier alpha value is -4.52. The predicted octanol–water partition coefficient (Wildman–Crippen LogP) is 4.91. The van der Waals surface area contributed by atoms with E-state index in [9.17, 15) is 27.6 Å². The number of hydrogen-bond acceptors (Lipinski definition) is 7. The van der Waals surface area contributed by atoms with E-state index < -0.39 is 17.6 Å². The van der Waals surface area contributed by atoms with E-state index in [4.69, 9.17) is 9.47 Å². The molecule has 0 bridgehead atoms. The Morgan fingerprint density at radius 1 is 0.953 bits per heavy atom. The molecule has 0 spiro atoms. The molecule has 0 fully saturated rings. The molecule has 43 heavy (non-hydrogen) atoms. The lowest BCUT2D eigenvalue weighted by molar-refractivity contribution is -0.137. The van der Waals surface area contributed by atoms with Crippen molar-refractivity contribution in [1.82, 2.24) is 14.9 Å². The summed E-state index contributed by atoms with van der Waals surface area (Å²) < 4.78 is 50.9. The molecule has 1 heterocycles. The lowest BCUT2D eigenvalue weighted by atomic mass is 10.1. The number of methoxy groups -OCH3 is 2. The molecule has 0 aliphatic rings. The number of benzene rings is 3. The summed E-state index contributed by atoms with van der Waals surface area (Å²) >= 11 is 0.950. The van der Waals surface area contributed by atoms with Gasteiger partial charge in [0.25, 0.3) is 5.56 Å². The Bertz CT molecular complexity index is 1680. The summed E-state index contributed by atoms with van der Waals surface area (Å²) in [6, 6.07) is 16.5. The van der Waals surface area contributed by atoms with Crippen molar-refractivity contribution >= 4 is 40.2 Å².